The number of amides is 4. The summed E-state index contributed by atoms with van der Waals surface area (Å²) in [6.07, 6.45) is 5.89. The van der Waals surface area contributed by atoms with E-state index in [-0.39, 0.29) is 53.8 Å². The fourth-order valence-corrected chi connectivity index (χ4v) is 5.61. The molecular formula is C30H31Cl2F2N3O4. The van der Waals surface area contributed by atoms with Gasteiger partial charge in [0.2, 0.25) is 0 Å². The van der Waals surface area contributed by atoms with Crippen molar-refractivity contribution in [2.24, 2.45) is 0 Å². The van der Waals surface area contributed by atoms with Crippen LogP contribution in [0, 0.1) is 11.6 Å². The number of carbonyl (C=O) groups excluding carboxylic acids is 4. The molecule has 0 fully saturated rings. The maximum absolute atomic E-state index is 14.0. The highest BCUT2D eigenvalue weighted by Gasteiger charge is 2.42. The van der Waals surface area contributed by atoms with E-state index in [1.807, 2.05) is 0 Å². The van der Waals surface area contributed by atoms with Crippen LogP contribution in [0.5, 0.6) is 0 Å². The fourth-order valence-electron chi connectivity index (χ4n) is 5.30. The second-order valence-electron chi connectivity index (χ2n) is 9.64. The Bertz CT molecular complexity index is 1460. The lowest BCUT2D eigenvalue weighted by Crippen LogP contribution is -2.32. The number of rotatable bonds is 2. The third kappa shape index (κ3) is 5.65. The van der Waals surface area contributed by atoms with Gasteiger partial charge in [-0.05, 0) is 81.7 Å². The zero-order valence-electron chi connectivity index (χ0n) is 20.7. The fraction of sp³-hybridized carbons (Fsp3) is 0.333. The minimum absolute atomic E-state index is 0. The largest absolute Gasteiger partial charge is 0.397 e. The molecule has 2 aliphatic carbocycles. The molecule has 0 bridgehead atoms. The molecule has 0 atom stereocenters. The van der Waals surface area contributed by atoms with E-state index in [9.17, 15) is 28.0 Å². The van der Waals surface area contributed by atoms with E-state index in [1.54, 1.807) is 0 Å². The quantitative estimate of drug-likeness (QED) is 0.286. The molecule has 2 aliphatic heterocycles. The number of nitrogen functional groups attached to an aromatic ring is 1. The summed E-state index contributed by atoms with van der Waals surface area (Å²) in [5, 5.41) is 0.293. The molecule has 0 unspecified atom stereocenters. The number of nitrogens with zero attached hydrogens (tertiary/aromatic N) is 2. The number of anilines is 3. The van der Waals surface area contributed by atoms with Crippen LogP contribution in [-0.4, -0.2) is 23.6 Å². The molecule has 11 heteroatoms. The van der Waals surface area contributed by atoms with Crippen LogP contribution in [0.1, 0.15) is 66.2 Å². The predicted molar refractivity (Wildman–Crippen MR) is 157 cm³/mol. The molecule has 4 aliphatic rings. The Morgan fingerprint density at radius 1 is 0.610 bits per heavy atom. The molecule has 41 heavy (non-hydrogen) atoms. The Hall–Kier alpha value is -3.56. The molecule has 0 spiro atoms. The predicted octanol–water partition coefficient (Wildman–Crippen LogP) is 7.30. The highest BCUT2D eigenvalue weighted by atomic mass is 35.5. The Morgan fingerprint density at radius 3 is 1.41 bits per heavy atom. The molecule has 2 N–H and O–H groups in total. The standard InChI is InChI=1S/C14H12ClFN2O2.C14H11ClFNO2.2CH4/c15-9-5-10(16)12(6-11(9)17)18-13(19)7-3-1-2-4-8(7)14(18)20;15-8-5-6-12(11(16)7-8)17-13(18)9-3-1-2-4-10(9)14(17)19;;/h5-6H,1-4,17H2;5-7H,1-4H2;2*1H4. The normalized spacial score (nSPS) is 18.0. The van der Waals surface area contributed by atoms with Crippen LogP contribution in [0.2, 0.25) is 10.0 Å². The average Bonchev–Trinajstić information content (AvgIpc) is 3.32. The topological polar surface area (TPSA) is 101 Å². The molecule has 0 saturated carbocycles. The highest BCUT2D eigenvalue weighted by molar-refractivity contribution is 6.35. The van der Waals surface area contributed by atoms with Crippen LogP contribution in [0.15, 0.2) is 52.6 Å². The maximum Gasteiger partial charge on any atom is 0.261 e. The van der Waals surface area contributed by atoms with Crippen molar-refractivity contribution >= 4 is 63.9 Å². The summed E-state index contributed by atoms with van der Waals surface area (Å²) in [5.74, 6) is -3.04. The molecule has 0 radical (unpaired) electrons. The first-order valence-electron chi connectivity index (χ1n) is 12.5. The van der Waals surface area contributed by atoms with E-state index < -0.39 is 23.4 Å². The Balaban J connectivity index is 0.000000215. The first kappa shape index (κ1) is 32.0. The van der Waals surface area contributed by atoms with Gasteiger partial charge in [-0.15, -0.1) is 0 Å². The number of hydrogen-bond donors (Lipinski definition) is 1. The number of nitrogens with two attached hydrogens (primary N) is 1. The van der Waals surface area contributed by atoms with Gasteiger partial charge in [-0.2, -0.15) is 0 Å². The lowest BCUT2D eigenvalue weighted by atomic mass is 9.93. The summed E-state index contributed by atoms with van der Waals surface area (Å²) >= 11 is 11.4. The van der Waals surface area contributed by atoms with E-state index in [2.05, 4.69) is 0 Å². The SMILES string of the molecule is C.C.Nc1cc(N2C(=O)C3=C(CCCC3)C2=O)c(F)cc1Cl.O=C1C2=C(CCCC2)C(=O)N1c1ccc(Cl)cc1F. The van der Waals surface area contributed by atoms with Crippen LogP contribution in [0.4, 0.5) is 25.8 Å². The van der Waals surface area contributed by atoms with E-state index in [0.29, 0.717) is 48.0 Å². The van der Waals surface area contributed by atoms with E-state index in [4.69, 9.17) is 28.9 Å². The molecule has 2 aromatic rings. The molecule has 2 heterocycles. The number of benzene rings is 2. The second kappa shape index (κ2) is 12.5. The van der Waals surface area contributed by atoms with E-state index >= 15 is 0 Å². The van der Waals surface area contributed by atoms with Crippen molar-refractivity contribution in [3.05, 3.63) is 74.3 Å². The van der Waals surface area contributed by atoms with Gasteiger partial charge in [-0.1, -0.05) is 38.1 Å². The summed E-state index contributed by atoms with van der Waals surface area (Å²) in [6, 6.07) is 6.19. The number of carbonyl (C=O) groups is 4. The Labute approximate surface area is 247 Å². The Morgan fingerprint density at radius 2 is 1.00 bits per heavy atom. The smallest absolute Gasteiger partial charge is 0.261 e. The number of halogens is 4. The monoisotopic (exact) mass is 605 g/mol. The number of hydrogen-bond acceptors (Lipinski definition) is 5. The van der Waals surface area contributed by atoms with Gasteiger partial charge in [0.1, 0.15) is 11.6 Å². The Kier molecular flexibility index (Phi) is 9.77. The van der Waals surface area contributed by atoms with Crippen molar-refractivity contribution in [3.63, 3.8) is 0 Å². The summed E-state index contributed by atoms with van der Waals surface area (Å²) in [6.45, 7) is 0. The molecule has 2 aromatic carbocycles. The minimum atomic E-state index is -0.731. The van der Waals surface area contributed by atoms with Crippen molar-refractivity contribution in [2.75, 3.05) is 15.5 Å². The molecule has 7 nitrogen and oxygen atoms in total. The highest BCUT2D eigenvalue weighted by Crippen LogP contribution is 2.39. The molecule has 4 amide bonds. The van der Waals surface area contributed by atoms with Gasteiger partial charge in [0.25, 0.3) is 23.6 Å². The lowest BCUT2D eigenvalue weighted by molar-refractivity contribution is -0.122. The molecule has 218 valence electrons. The van der Waals surface area contributed by atoms with Crippen LogP contribution < -0.4 is 15.5 Å². The van der Waals surface area contributed by atoms with Crippen molar-refractivity contribution in [2.45, 2.75) is 66.2 Å². The van der Waals surface area contributed by atoms with Gasteiger partial charge in [0, 0.05) is 27.3 Å². The summed E-state index contributed by atoms with van der Waals surface area (Å²) in [5.41, 5.74) is 7.73. The first-order chi connectivity index (χ1) is 18.6. The van der Waals surface area contributed by atoms with Crippen LogP contribution >= 0.6 is 23.2 Å². The lowest BCUT2D eigenvalue weighted by Gasteiger charge is -2.16. The third-order valence-corrected chi connectivity index (χ3v) is 7.80. The zero-order valence-corrected chi connectivity index (χ0v) is 22.2. The van der Waals surface area contributed by atoms with Gasteiger partial charge in [0.05, 0.1) is 22.1 Å². The maximum atomic E-state index is 14.0. The van der Waals surface area contributed by atoms with Gasteiger partial charge < -0.3 is 5.73 Å². The van der Waals surface area contributed by atoms with Crippen molar-refractivity contribution < 1.29 is 28.0 Å². The van der Waals surface area contributed by atoms with E-state index in [1.165, 1.54) is 18.2 Å². The number of imide groups is 2. The second-order valence-corrected chi connectivity index (χ2v) is 10.5. The van der Waals surface area contributed by atoms with Gasteiger partial charge in [0.15, 0.2) is 0 Å². The zero-order chi connectivity index (χ0) is 28.0. The average molecular weight is 606 g/mol. The first-order valence-corrected chi connectivity index (χ1v) is 13.3. The van der Waals surface area contributed by atoms with Gasteiger partial charge in [-0.3, -0.25) is 19.2 Å². The molecular weight excluding hydrogens is 575 g/mol. The minimum Gasteiger partial charge on any atom is -0.397 e. The van der Waals surface area contributed by atoms with Gasteiger partial charge >= 0.3 is 0 Å². The van der Waals surface area contributed by atoms with Crippen LogP contribution in [-0.2, 0) is 19.2 Å². The summed E-state index contributed by atoms with van der Waals surface area (Å²) < 4.78 is 27.9. The summed E-state index contributed by atoms with van der Waals surface area (Å²) in [7, 11) is 0. The molecule has 0 aromatic heterocycles. The van der Waals surface area contributed by atoms with Crippen molar-refractivity contribution in [1.29, 1.82) is 0 Å². The van der Waals surface area contributed by atoms with Crippen LogP contribution in [0.3, 0.4) is 0 Å². The van der Waals surface area contributed by atoms with Crippen molar-refractivity contribution in [3.8, 4) is 0 Å². The van der Waals surface area contributed by atoms with Crippen LogP contribution in [0.25, 0.3) is 0 Å². The molecule has 6 rings (SSSR count). The van der Waals surface area contributed by atoms with E-state index in [0.717, 1.165) is 47.6 Å². The summed E-state index contributed by atoms with van der Waals surface area (Å²) in [4.78, 5) is 50.9. The van der Waals surface area contributed by atoms with Gasteiger partial charge in [-0.25, -0.2) is 18.6 Å². The molecule has 0 saturated heterocycles. The van der Waals surface area contributed by atoms with Crippen molar-refractivity contribution in [1.82, 2.24) is 0 Å². The third-order valence-electron chi connectivity index (χ3n) is 7.24.